The molecule has 8 heteroatoms. The summed E-state index contributed by atoms with van der Waals surface area (Å²) in [7, 11) is 1.64. The molecule has 0 bridgehead atoms. The number of hydrogen-bond acceptors (Lipinski definition) is 8. The van der Waals surface area contributed by atoms with Crippen molar-refractivity contribution in [2.75, 3.05) is 26.9 Å². The Labute approximate surface area is 281 Å². The third kappa shape index (κ3) is 7.15. The van der Waals surface area contributed by atoms with Crippen molar-refractivity contribution in [2.45, 2.75) is 88.8 Å². The lowest BCUT2D eigenvalue weighted by Gasteiger charge is -2.41. The maximum atomic E-state index is 14.4. The first-order valence-corrected chi connectivity index (χ1v) is 18.2. The van der Waals surface area contributed by atoms with Crippen molar-refractivity contribution in [3.8, 4) is 33.4 Å². The average molecular weight is 655 g/mol. The zero-order valence-corrected chi connectivity index (χ0v) is 28.2. The Morgan fingerprint density at radius 3 is 2.43 bits per heavy atom. The highest BCUT2D eigenvalue weighted by Crippen LogP contribution is 2.42. The van der Waals surface area contributed by atoms with E-state index in [1.807, 2.05) is 48.5 Å². The van der Waals surface area contributed by atoms with E-state index in [1.165, 1.54) is 69.1 Å². The first-order chi connectivity index (χ1) is 23.1. The number of phenolic OH excluding ortho intramolecular Hbond substituents is 1. The summed E-state index contributed by atoms with van der Waals surface area (Å²) in [6.45, 7) is 2.78. The molecule has 47 heavy (non-hydrogen) atoms. The molecule has 2 N–H and O–H groups in total. The van der Waals surface area contributed by atoms with Crippen molar-refractivity contribution in [3.63, 3.8) is 0 Å². The molecule has 7 rings (SSSR count). The number of phenols is 1. The first-order valence-electron chi connectivity index (χ1n) is 17.4. The van der Waals surface area contributed by atoms with Crippen molar-refractivity contribution in [1.82, 2.24) is 10.2 Å². The maximum absolute atomic E-state index is 14.4. The smallest absolute Gasteiger partial charge is 0.195 e. The van der Waals surface area contributed by atoms with Crippen molar-refractivity contribution in [1.29, 1.82) is 0 Å². The van der Waals surface area contributed by atoms with Gasteiger partial charge in [-0.05, 0) is 124 Å². The van der Waals surface area contributed by atoms with Gasteiger partial charge in [0, 0.05) is 38.2 Å². The topological polar surface area (TPSA) is 80.3 Å². The third-order valence-corrected chi connectivity index (χ3v) is 11.4. The lowest BCUT2D eigenvalue weighted by atomic mass is 9.90. The highest BCUT2D eigenvalue weighted by molar-refractivity contribution is 7.22. The summed E-state index contributed by atoms with van der Waals surface area (Å²) >= 11 is 1.51. The average Bonchev–Trinajstić information content (AvgIpc) is 3.77. The van der Waals surface area contributed by atoms with Crippen molar-refractivity contribution in [2.24, 2.45) is 0 Å². The number of nitrogens with one attached hydrogen (secondary N) is 1. The van der Waals surface area contributed by atoms with Gasteiger partial charge in [-0.1, -0.05) is 25.7 Å². The van der Waals surface area contributed by atoms with E-state index < -0.39 is 0 Å². The monoisotopic (exact) mass is 654 g/mol. The summed E-state index contributed by atoms with van der Waals surface area (Å²) < 4.78 is 19.4. The Balaban J connectivity index is 1.14. The van der Waals surface area contributed by atoms with Gasteiger partial charge in [-0.25, -0.2) is 0 Å². The van der Waals surface area contributed by atoms with Crippen LogP contribution in [0.25, 0.3) is 20.5 Å². The summed E-state index contributed by atoms with van der Waals surface area (Å²) in [5.41, 5.74) is 2.09. The second kappa shape index (κ2) is 14.7. The number of ether oxygens (including phenoxy) is 3. The zero-order chi connectivity index (χ0) is 32.2. The molecule has 0 amide bonds. The molecule has 0 radical (unpaired) electrons. The fraction of sp³-hybridized carbons (Fsp3) is 0.462. The van der Waals surface area contributed by atoms with Gasteiger partial charge in [-0.15, -0.1) is 11.3 Å². The Hall–Kier alpha value is -3.59. The number of thiophene rings is 1. The van der Waals surface area contributed by atoms with Gasteiger partial charge in [0.05, 0.1) is 7.11 Å². The number of likely N-dealkylation sites (tertiary alicyclic amines) is 1. The van der Waals surface area contributed by atoms with E-state index in [1.54, 1.807) is 19.2 Å². The molecule has 4 aromatic rings. The molecule has 2 atom stereocenters. The van der Waals surface area contributed by atoms with Crippen LogP contribution in [0, 0.1) is 0 Å². The minimum atomic E-state index is -0.0910. The predicted molar refractivity (Wildman–Crippen MR) is 188 cm³/mol. The van der Waals surface area contributed by atoms with Gasteiger partial charge in [0.15, 0.2) is 17.3 Å². The molecule has 2 aliphatic carbocycles. The minimum absolute atomic E-state index is 0.0910. The number of benzene rings is 3. The number of methoxy groups -OCH3 is 1. The Kier molecular flexibility index (Phi) is 9.98. The van der Waals surface area contributed by atoms with Crippen LogP contribution in [0.5, 0.6) is 23.0 Å². The van der Waals surface area contributed by atoms with E-state index in [0.717, 1.165) is 52.2 Å². The zero-order valence-electron chi connectivity index (χ0n) is 27.3. The number of fused-ring (bicyclic) bond motifs is 1. The number of carbonyl (C=O) groups excluding carboxylic acids is 1. The normalized spacial score (nSPS) is 20.8. The van der Waals surface area contributed by atoms with Crippen molar-refractivity contribution >= 4 is 27.2 Å². The number of rotatable bonds is 11. The van der Waals surface area contributed by atoms with Crippen LogP contribution in [-0.4, -0.2) is 60.9 Å². The fourth-order valence-electron chi connectivity index (χ4n) is 7.69. The molecule has 1 saturated heterocycles. The number of ketones is 1. The molecule has 3 fully saturated rings. The Bertz CT molecular complexity index is 1670. The Morgan fingerprint density at radius 2 is 1.64 bits per heavy atom. The molecule has 1 aliphatic heterocycles. The van der Waals surface area contributed by atoms with Gasteiger partial charge in [-0.2, -0.15) is 0 Å². The van der Waals surface area contributed by atoms with E-state index >= 15 is 0 Å². The highest BCUT2D eigenvalue weighted by atomic mass is 32.1. The standard InChI is InChI=1S/C39H46N2O5S/c1-44-35-23-27(15-20-34(35)46-33-12-6-5-11-32(33)41-21-7-2-8-22-41)38(43)37-31-19-16-29(42)24-36(31)47-39(37)26-13-17-30(18-14-26)45-25-40-28-9-3-4-10-28/h13-20,23-24,28,32-33,40,42H,2-12,21-22,25H2,1H3. The second-order valence-electron chi connectivity index (χ2n) is 13.3. The lowest BCUT2D eigenvalue weighted by Crippen LogP contribution is -2.49. The van der Waals surface area contributed by atoms with Crippen LogP contribution < -0.4 is 19.5 Å². The summed E-state index contributed by atoms with van der Waals surface area (Å²) in [4.78, 5) is 17.9. The van der Waals surface area contributed by atoms with Crippen molar-refractivity contribution in [3.05, 3.63) is 71.8 Å². The number of aromatic hydroxyl groups is 1. The third-order valence-electron chi connectivity index (χ3n) is 10.2. The molecule has 3 aliphatic rings. The number of carbonyl (C=O) groups is 1. The lowest BCUT2D eigenvalue weighted by molar-refractivity contribution is 0.0248. The van der Waals surface area contributed by atoms with E-state index in [4.69, 9.17) is 14.2 Å². The van der Waals surface area contributed by atoms with E-state index in [0.29, 0.717) is 41.4 Å². The Morgan fingerprint density at radius 1 is 0.872 bits per heavy atom. The second-order valence-corrected chi connectivity index (χ2v) is 14.3. The van der Waals surface area contributed by atoms with Gasteiger partial charge in [0.2, 0.25) is 0 Å². The molecule has 0 spiro atoms. The summed E-state index contributed by atoms with van der Waals surface area (Å²) in [6, 6.07) is 19.7. The van der Waals surface area contributed by atoms with Gasteiger partial charge in [-0.3, -0.25) is 15.0 Å². The molecule has 2 saturated carbocycles. The SMILES string of the molecule is COc1cc(C(=O)c2c(-c3ccc(OCNC4CCCC4)cc3)sc3cc(O)ccc23)ccc1OC1CCCCC1N1CCCCC1. The number of nitrogens with zero attached hydrogens (tertiary/aromatic N) is 1. The van der Waals surface area contributed by atoms with Crippen LogP contribution in [0.2, 0.25) is 0 Å². The first kappa shape index (κ1) is 32.0. The van der Waals surface area contributed by atoms with E-state index in [9.17, 15) is 9.90 Å². The van der Waals surface area contributed by atoms with Gasteiger partial charge in [0.1, 0.15) is 24.3 Å². The molecular formula is C39H46N2O5S. The molecular weight excluding hydrogens is 609 g/mol. The number of hydrogen-bond donors (Lipinski definition) is 2. The molecule has 1 aromatic heterocycles. The maximum Gasteiger partial charge on any atom is 0.195 e. The molecule has 2 unspecified atom stereocenters. The molecule has 7 nitrogen and oxygen atoms in total. The van der Waals surface area contributed by atoms with Crippen LogP contribution in [0.3, 0.4) is 0 Å². The quantitative estimate of drug-likeness (QED) is 0.124. The minimum Gasteiger partial charge on any atom is -0.508 e. The summed E-state index contributed by atoms with van der Waals surface area (Å²) in [6.07, 6.45) is 13.5. The van der Waals surface area contributed by atoms with Crippen molar-refractivity contribution < 1.29 is 24.1 Å². The fourth-order valence-corrected chi connectivity index (χ4v) is 8.92. The summed E-state index contributed by atoms with van der Waals surface area (Å²) in [5, 5.41) is 14.6. The van der Waals surface area contributed by atoms with Crippen LogP contribution >= 0.6 is 11.3 Å². The van der Waals surface area contributed by atoms with Crippen LogP contribution in [0.4, 0.5) is 0 Å². The van der Waals surface area contributed by atoms with Crippen LogP contribution in [0.1, 0.15) is 86.6 Å². The highest BCUT2D eigenvalue weighted by Gasteiger charge is 2.33. The van der Waals surface area contributed by atoms with Gasteiger partial charge < -0.3 is 19.3 Å². The number of piperidine rings is 1. The summed E-state index contributed by atoms with van der Waals surface area (Å²) in [5.74, 6) is 2.14. The predicted octanol–water partition coefficient (Wildman–Crippen LogP) is 8.56. The van der Waals surface area contributed by atoms with Crippen LogP contribution in [0.15, 0.2) is 60.7 Å². The van der Waals surface area contributed by atoms with E-state index in [2.05, 4.69) is 10.2 Å². The largest absolute Gasteiger partial charge is 0.508 e. The van der Waals surface area contributed by atoms with Gasteiger partial charge >= 0.3 is 0 Å². The molecule has 2 heterocycles. The van der Waals surface area contributed by atoms with Gasteiger partial charge in [0.25, 0.3) is 0 Å². The van der Waals surface area contributed by atoms with Crippen LogP contribution in [-0.2, 0) is 0 Å². The van der Waals surface area contributed by atoms with E-state index in [-0.39, 0.29) is 17.6 Å². The molecule has 3 aromatic carbocycles. The molecule has 248 valence electrons.